The summed E-state index contributed by atoms with van der Waals surface area (Å²) in [5.74, 6) is -2.08. The van der Waals surface area contributed by atoms with Gasteiger partial charge in [0.2, 0.25) is 5.91 Å². The van der Waals surface area contributed by atoms with E-state index in [0.717, 1.165) is 6.07 Å². The van der Waals surface area contributed by atoms with Crippen molar-refractivity contribution in [1.29, 1.82) is 0 Å². The van der Waals surface area contributed by atoms with E-state index in [9.17, 15) is 18.8 Å². The van der Waals surface area contributed by atoms with Gasteiger partial charge in [0, 0.05) is 5.69 Å². The van der Waals surface area contributed by atoms with Crippen molar-refractivity contribution in [2.75, 3.05) is 10.6 Å². The van der Waals surface area contributed by atoms with Crippen molar-refractivity contribution in [3.63, 3.8) is 0 Å². The van der Waals surface area contributed by atoms with E-state index in [2.05, 4.69) is 16.0 Å². The third-order valence-electron chi connectivity index (χ3n) is 3.95. The average Bonchev–Trinajstić information content (AvgIpc) is 2.65. The maximum atomic E-state index is 14.4. The average molecular weight is 415 g/mol. The molecule has 0 aliphatic carbocycles. The molecule has 160 valence electrons. The van der Waals surface area contributed by atoms with E-state index in [0.29, 0.717) is 5.69 Å². The van der Waals surface area contributed by atoms with E-state index >= 15 is 0 Å². The molecule has 2 aromatic rings. The first-order valence-electron chi connectivity index (χ1n) is 9.56. The quantitative estimate of drug-likeness (QED) is 0.655. The Balaban J connectivity index is 2.17. The smallest absolute Gasteiger partial charge is 0.408 e. The van der Waals surface area contributed by atoms with Gasteiger partial charge in [-0.2, -0.15) is 0 Å². The number of carbonyl (C=O) groups excluding carboxylic acids is 3. The summed E-state index contributed by atoms with van der Waals surface area (Å²) in [5, 5.41) is 7.60. The highest BCUT2D eigenvalue weighted by atomic mass is 19.1. The van der Waals surface area contributed by atoms with Crippen molar-refractivity contribution in [3.8, 4) is 0 Å². The molecule has 1 atom stereocenters. The van der Waals surface area contributed by atoms with Gasteiger partial charge >= 0.3 is 6.09 Å². The van der Waals surface area contributed by atoms with Crippen LogP contribution in [0.25, 0.3) is 0 Å². The molecular weight excluding hydrogens is 389 g/mol. The van der Waals surface area contributed by atoms with Gasteiger partial charge in [-0.25, -0.2) is 9.18 Å². The van der Waals surface area contributed by atoms with Gasteiger partial charge in [0.1, 0.15) is 17.5 Å². The fourth-order valence-corrected chi connectivity index (χ4v) is 2.60. The van der Waals surface area contributed by atoms with Gasteiger partial charge in [-0.15, -0.1) is 0 Å². The standard InChI is InChI=1S/C22H26FN3O4/c1-5-16(26-21(29)30-22(2,3)4)19(27)25-17-13-9-12-15(23)18(17)20(28)24-14-10-7-6-8-11-14/h6-13,16H,5H2,1-4H3,(H,24,28)(H,25,27)(H,26,29)/t16-/m0/s1. The van der Waals surface area contributed by atoms with Crippen LogP contribution in [-0.4, -0.2) is 29.6 Å². The fraction of sp³-hybridized carbons (Fsp3) is 0.318. The second-order valence-electron chi connectivity index (χ2n) is 7.58. The minimum absolute atomic E-state index is 0.00197. The summed E-state index contributed by atoms with van der Waals surface area (Å²) < 4.78 is 19.6. The molecule has 0 radical (unpaired) electrons. The summed E-state index contributed by atoms with van der Waals surface area (Å²) in [6.07, 6.45) is -0.475. The third-order valence-corrected chi connectivity index (χ3v) is 3.95. The summed E-state index contributed by atoms with van der Waals surface area (Å²) in [5.41, 5.74) is -0.537. The second kappa shape index (κ2) is 9.87. The molecule has 0 aliphatic rings. The fourth-order valence-electron chi connectivity index (χ4n) is 2.60. The van der Waals surface area contributed by atoms with Gasteiger partial charge in [0.25, 0.3) is 5.91 Å². The number of rotatable bonds is 6. The van der Waals surface area contributed by atoms with Crippen LogP contribution in [0, 0.1) is 5.82 Å². The molecule has 7 nitrogen and oxygen atoms in total. The van der Waals surface area contributed by atoms with Gasteiger partial charge in [-0.3, -0.25) is 9.59 Å². The van der Waals surface area contributed by atoms with Crippen LogP contribution < -0.4 is 16.0 Å². The number of amides is 3. The lowest BCUT2D eigenvalue weighted by Crippen LogP contribution is -2.45. The van der Waals surface area contributed by atoms with Crippen molar-refractivity contribution in [3.05, 3.63) is 59.9 Å². The Morgan fingerprint density at radius 3 is 2.27 bits per heavy atom. The van der Waals surface area contributed by atoms with Crippen molar-refractivity contribution >= 4 is 29.3 Å². The van der Waals surface area contributed by atoms with Crippen LogP contribution in [-0.2, 0) is 9.53 Å². The number of nitrogens with one attached hydrogen (secondary N) is 3. The van der Waals surface area contributed by atoms with E-state index < -0.39 is 35.4 Å². The molecule has 2 aromatic carbocycles. The first-order chi connectivity index (χ1) is 14.1. The monoisotopic (exact) mass is 415 g/mol. The first-order valence-corrected chi connectivity index (χ1v) is 9.56. The third kappa shape index (κ3) is 6.58. The summed E-state index contributed by atoms with van der Waals surface area (Å²) in [6.45, 7) is 6.82. The molecule has 0 aliphatic heterocycles. The predicted molar refractivity (Wildman–Crippen MR) is 113 cm³/mol. The van der Waals surface area contributed by atoms with E-state index in [1.165, 1.54) is 12.1 Å². The van der Waals surface area contributed by atoms with Gasteiger partial charge in [0.15, 0.2) is 0 Å². The Morgan fingerprint density at radius 2 is 1.67 bits per heavy atom. The largest absolute Gasteiger partial charge is 0.444 e. The number of anilines is 2. The number of para-hydroxylation sites is 1. The Hall–Kier alpha value is -3.42. The maximum absolute atomic E-state index is 14.4. The number of hydrogen-bond acceptors (Lipinski definition) is 4. The molecule has 3 amide bonds. The van der Waals surface area contributed by atoms with E-state index in [-0.39, 0.29) is 17.7 Å². The number of benzene rings is 2. The lowest BCUT2D eigenvalue weighted by atomic mass is 10.1. The van der Waals surface area contributed by atoms with E-state index in [1.807, 2.05) is 0 Å². The molecule has 0 saturated heterocycles. The normalized spacial score (nSPS) is 11.9. The minimum Gasteiger partial charge on any atom is -0.444 e. The zero-order valence-electron chi connectivity index (χ0n) is 17.4. The summed E-state index contributed by atoms with van der Waals surface area (Å²) >= 11 is 0. The lowest BCUT2D eigenvalue weighted by molar-refractivity contribution is -0.118. The number of alkyl carbamates (subject to hydrolysis) is 1. The molecular formula is C22H26FN3O4. The molecule has 8 heteroatoms. The van der Waals surface area contributed by atoms with Gasteiger partial charge in [-0.1, -0.05) is 31.2 Å². The van der Waals surface area contributed by atoms with Crippen molar-refractivity contribution in [2.45, 2.75) is 45.8 Å². The number of ether oxygens (including phenoxy) is 1. The highest BCUT2D eigenvalue weighted by Gasteiger charge is 2.25. The van der Waals surface area contributed by atoms with Crippen molar-refractivity contribution in [1.82, 2.24) is 5.32 Å². The minimum atomic E-state index is -0.923. The van der Waals surface area contributed by atoms with E-state index in [1.54, 1.807) is 58.0 Å². The Labute approximate surface area is 175 Å². The van der Waals surface area contributed by atoms with Gasteiger partial charge in [0.05, 0.1) is 11.3 Å². The SMILES string of the molecule is CC[C@H](NC(=O)OC(C)(C)C)C(=O)Nc1cccc(F)c1C(=O)Nc1ccccc1. The number of carbonyl (C=O) groups is 3. The molecule has 30 heavy (non-hydrogen) atoms. The summed E-state index contributed by atoms with van der Waals surface area (Å²) in [7, 11) is 0. The Morgan fingerprint density at radius 1 is 1.00 bits per heavy atom. The Kier molecular flexibility index (Phi) is 7.52. The predicted octanol–water partition coefficient (Wildman–Crippen LogP) is 4.32. The van der Waals surface area contributed by atoms with Gasteiger partial charge in [-0.05, 0) is 51.5 Å². The maximum Gasteiger partial charge on any atom is 0.408 e. The van der Waals surface area contributed by atoms with Crippen LogP contribution in [0.2, 0.25) is 0 Å². The van der Waals surface area contributed by atoms with Crippen molar-refractivity contribution in [2.24, 2.45) is 0 Å². The summed E-state index contributed by atoms with van der Waals surface area (Å²) in [4.78, 5) is 37.3. The van der Waals surface area contributed by atoms with Crippen LogP contribution in [0.15, 0.2) is 48.5 Å². The Bertz CT molecular complexity index is 910. The molecule has 0 fully saturated rings. The van der Waals surface area contributed by atoms with E-state index in [4.69, 9.17) is 4.74 Å². The number of halogens is 1. The van der Waals surface area contributed by atoms with Crippen LogP contribution in [0.5, 0.6) is 0 Å². The molecule has 2 rings (SSSR count). The highest BCUT2D eigenvalue weighted by Crippen LogP contribution is 2.21. The zero-order valence-corrected chi connectivity index (χ0v) is 17.4. The zero-order chi connectivity index (χ0) is 22.3. The van der Waals surface area contributed by atoms with Crippen molar-refractivity contribution < 1.29 is 23.5 Å². The van der Waals surface area contributed by atoms with Crippen LogP contribution in [0.1, 0.15) is 44.5 Å². The molecule has 0 heterocycles. The molecule has 0 saturated carbocycles. The molecule has 0 spiro atoms. The lowest BCUT2D eigenvalue weighted by Gasteiger charge is -2.23. The molecule has 3 N–H and O–H groups in total. The summed E-state index contributed by atoms with van der Waals surface area (Å²) in [6, 6.07) is 11.6. The van der Waals surface area contributed by atoms with Crippen LogP contribution >= 0.6 is 0 Å². The number of hydrogen-bond donors (Lipinski definition) is 3. The molecule has 0 aromatic heterocycles. The first kappa shape index (κ1) is 22.9. The van der Waals surface area contributed by atoms with Gasteiger partial charge < -0.3 is 20.7 Å². The van der Waals surface area contributed by atoms with Crippen LogP contribution in [0.3, 0.4) is 0 Å². The molecule has 0 bridgehead atoms. The molecule has 0 unspecified atom stereocenters. The topological polar surface area (TPSA) is 96.5 Å². The highest BCUT2D eigenvalue weighted by molar-refractivity contribution is 6.10. The second-order valence-corrected chi connectivity index (χ2v) is 7.58. The van der Waals surface area contributed by atoms with Crippen LogP contribution in [0.4, 0.5) is 20.6 Å².